The Labute approximate surface area is 99.4 Å². The Bertz CT molecular complexity index is 200. The van der Waals surface area contributed by atoms with Crippen LogP contribution in [0.3, 0.4) is 0 Å². The maximum atomic E-state index is 11.9. The molecule has 0 aromatic heterocycles. The van der Waals surface area contributed by atoms with Crippen molar-refractivity contribution in [3.63, 3.8) is 0 Å². The molecule has 1 fully saturated rings. The molecule has 1 saturated heterocycles. The smallest absolute Gasteiger partial charge is 0.224 e. The van der Waals surface area contributed by atoms with Crippen molar-refractivity contribution in [3.8, 4) is 0 Å². The van der Waals surface area contributed by atoms with Crippen molar-refractivity contribution in [1.82, 2.24) is 10.6 Å². The van der Waals surface area contributed by atoms with Crippen LogP contribution in [0.15, 0.2) is 0 Å². The first-order valence-electron chi connectivity index (χ1n) is 6.75. The normalized spacial score (nSPS) is 22.8. The molecule has 3 heteroatoms. The number of rotatable bonds is 6. The highest BCUT2D eigenvalue weighted by molar-refractivity contribution is 5.79. The third-order valence-electron chi connectivity index (χ3n) is 3.30. The van der Waals surface area contributed by atoms with E-state index in [4.69, 9.17) is 0 Å². The molecule has 2 N–H and O–H groups in total. The van der Waals surface area contributed by atoms with E-state index < -0.39 is 0 Å². The van der Waals surface area contributed by atoms with Crippen LogP contribution in [-0.2, 0) is 4.79 Å². The molecule has 0 aliphatic carbocycles. The van der Waals surface area contributed by atoms with Crippen LogP contribution in [-0.4, -0.2) is 25.0 Å². The van der Waals surface area contributed by atoms with Gasteiger partial charge in [-0.15, -0.1) is 0 Å². The van der Waals surface area contributed by atoms with Gasteiger partial charge in [-0.2, -0.15) is 0 Å². The fourth-order valence-electron chi connectivity index (χ4n) is 2.21. The molecule has 0 aromatic carbocycles. The first kappa shape index (κ1) is 13.5. The van der Waals surface area contributed by atoms with Crippen LogP contribution in [0.5, 0.6) is 0 Å². The molecule has 1 aliphatic heterocycles. The third-order valence-corrected chi connectivity index (χ3v) is 3.30. The van der Waals surface area contributed by atoms with Gasteiger partial charge in [0, 0.05) is 12.6 Å². The minimum absolute atomic E-state index is 0.197. The summed E-state index contributed by atoms with van der Waals surface area (Å²) in [6.45, 7) is 6.24. The van der Waals surface area contributed by atoms with Gasteiger partial charge < -0.3 is 10.6 Å². The first-order valence-corrected chi connectivity index (χ1v) is 6.75. The average molecular weight is 226 g/mol. The number of piperidine rings is 1. The molecule has 0 aromatic rings. The van der Waals surface area contributed by atoms with Crippen molar-refractivity contribution in [2.24, 2.45) is 5.92 Å². The standard InChI is InChI=1S/C13H26N2O/c1-3-4-5-7-11(2)15-13(16)12-8-6-9-14-10-12/h11-12,14H,3-10H2,1-2H3,(H,15,16)/t11?,12-/m0/s1. The molecule has 1 amide bonds. The summed E-state index contributed by atoms with van der Waals surface area (Å²) in [5.41, 5.74) is 0. The van der Waals surface area contributed by atoms with E-state index in [1.54, 1.807) is 0 Å². The first-order chi connectivity index (χ1) is 7.74. The largest absolute Gasteiger partial charge is 0.353 e. The van der Waals surface area contributed by atoms with Gasteiger partial charge in [0.25, 0.3) is 0 Å². The highest BCUT2D eigenvalue weighted by Gasteiger charge is 2.21. The van der Waals surface area contributed by atoms with Gasteiger partial charge in [-0.3, -0.25) is 4.79 Å². The zero-order valence-corrected chi connectivity index (χ0v) is 10.7. The summed E-state index contributed by atoms with van der Waals surface area (Å²) in [4.78, 5) is 11.9. The molecule has 3 nitrogen and oxygen atoms in total. The quantitative estimate of drug-likeness (QED) is 0.681. The molecule has 1 heterocycles. The molecule has 16 heavy (non-hydrogen) atoms. The lowest BCUT2D eigenvalue weighted by Crippen LogP contribution is -2.43. The van der Waals surface area contributed by atoms with Gasteiger partial charge in [-0.1, -0.05) is 26.2 Å². The summed E-state index contributed by atoms with van der Waals surface area (Å²) in [6.07, 6.45) is 7.02. The van der Waals surface area contributed by atoms with Crippen LogP contribution in [0.4, 0.5) is 0 Å². The van der Waals surface area contributed by atoms with Crippen LogP contribution in [0.25, 0.3) is 0 Å². The fraction of sp³-hybridized carbons (Fsp3) is 0.923. The van der Waals surface area contributed by atoms with Gasteiger partial charge in [-0.05, 0) is 32.7 Å². The van der Waals surface area contributed by atoms with Crippen LogP contribution >= 0.6 is 0 Å². The summed E-state index contributed by atoms with van der Waals surface area (Å²) in [7, 11) is 0. The van der Waals surface area contributed by atoms with Crippen molar-refractivity contribution < 1.29 is 4.79 Å². The van der Waals surface area contributed by atoms with E-state index in [0.717, 1.165) is 32.4 Å². The summed E-state index contributed by atoms with van der Waals surface area (Å²) < 4.78 is 0. The molecule has 94 valence electrons. The Kier molecular flexibility index (Phi) is 6.46. The number of amides is 1. The van der Waals surface area contributed by atoms with Crippen molar-refractivity contribution in [3.05, 3.63) is 0 Å². The molecule has 1 rings (SSSR count). The van der Waals surface area contributed by atoms with Crippen molar-refractivity contribution in [1.29, 1.82) is 0 Å². The Morgan fingerprint density at radius 2 is 2.31 bits per heavy atom. The van der Waals surface area contributed by atoms with E-state index in [2.05, 4.69) is 24.5 Å². The average Bonchev–Trinajstić information content (AvgIpc) is 2.30. The molecule has 0 saturated carbocycles. The highest BCUT2D eigenvalue weighted by atomic mass is 16.1. The lowest BCUT2D eigenvalue weighted by atomic mass is 9.98. The topological polar surface area (TPSA) is 41.1 Å². The number of unbranched alkanes of at least 4 members (excludes halogenated alkanes) is 2. The van der Waals surface area contributed by atoms with E-state index in [1.165, 1.54) is 19.3 Å². The Morgan fingerprint density at radius 3 is 2.94 bits per heavy atom. The van der Waals surface area contributed by atoms with Gasteiger partial charge in [0.2, 0.25) is 5.91 Å². The van der Waals surface area contributed by atoms with Crippen molar-refractivity contribution in [2.75, 3.05) is 13.1 Å². The SMILES string of the molecule is CCCCCC(C)NC(=O)[C@H]1CCCNC1. The number of nitrogens with one attached hydrogen (secondary N) is 2. The molecule has 1 aliphatic rings. The molecular formula is C13H26N2O. The highest BCUT2D eigenvalue weighted by Crippen LogP contribution is 2.11. The van der Waals surface area contributed by atoms with E-state index in [-0.39, 0.29) is 11.8 Å². The maximum absolute atomic E-state index is 11.9. The molecule has 0 spiro atoms. The second kappa shape index (κ2) is 7.66. The minimum Gasteiger partial charge on any atom is -0.353 e. The summed E-state index contributed by atoms with van der Waals surface area (Å²) >= 11 is 0. The Morgan fingerprint density at radius 1 is 1.50 bits per heavy atom. The summed E-state index contributed by atoms with van der Waals surface area (Å²) in [5.74, 6) is 0.443. The van der Waals surface area contributed by atoms with Gasteiger partial charge in [0.15, 0.2) is 0 Å². The molecule has 1 unspecified atom stereocenters. The zero-order chi connectivity index (χ0) is 11.8. The lowest BCUT2D eigenvalue weighted by molar-refractivity contribution is -0.126. The predicted octanol–water partition coefficient (Wildman–Crippen LogP) is 2.07. The minimum atomic E-state index is 0.197. The summed E-state index contributed by atoms with van der Waals surface area (Å²) in [5, 5.41) is 6.41. The van der Waals surface area contributed by atoms with Gasteiger partial charge >= 0.3 is 0 Å². The van der Waals surface area contributed by atoms with Crippen LogP contribution in [0, 0.1) is 5.92 Å². The van der Waals surface area contributed by atoms with Crippen LogP contribution < -0.4 is 10.6 Å². The Balaban J connectivity index is 2.16. The van der Waals surface area contributed by atoms with E-state index in [1.807, 2.05) is 0 Å². The number of hydrogen-bond acceptors (Lipinski definition) is 2. The zero-order valence-electron chi connectivity index (χ0n) is 10.7. The van der Waals surface area contributed by atoms with E-state index >= 15 is 0 Å². The summed E-state index contributed by atoms with van der Waals surface area (Å²) in [6, 6.07) is 0.334. The van der Waals surface area contributed by atoms with Gasteiger partial charge in [0.05, 0.1) is 5.92 Å². The Hall–Kier alpha value is -0.570. The molecule has 2 atom stereocenters. The van der Waals surface area contributed by atoms with Crippen LogP contribution in [0.2, 0.25) is 0 Å². The molecular weight excluding hydrogens is 200 g/mol. The third kappa shape index (κ3) is 4.97. The van der Waals surface area contributed by atoms with E-state index in [0.29, 0.717) is 6.04 Å². The number of carbonyl (C=O) groups excluding carboxylic acids is 1. The molecule has 0 bridgehead atoms. The fourth-order valence-corrected chi connectivity index (χ4v) is 2.21. The van der Waals surface area contributed by atoms with Crippen molar-refractivity contribution in [2.45, 2.75) is 58.4 Å². The second-order valence-corrected chi connectivity index (χ2v) is 4.95. The van der Waals surface area contributed by atoms with Gasteiger partial charge in [-0.25, -0.2) is 0 Å². The predicted molar refractivity (Wildman–Crippen MR) is 67.3 cm³/mol. The number of carbonyl (C=O) groups is 1. The van der Waals surface area contributed by atoms with E-state index in [9.17, 15) is 4.79 Å². The molecule has 0 radical (unpaired) electrons. The van der Waals surface area contributed by atoms with Crippen LogP contribution in [0.1, 0.15) is 52.4 Å². The second-order valence-electron chi connectivity index (χ2n) is 4.95. The van der Waals surface area contributed by atoms with Gasteiger partial charge in [0.1, 0.15) is 0 Å². The lowest BCUT2D eigenvalue weighted by Gasteiger charge is -2.24. The monoisotopic (exact) mass is 226 g/mol. The van der Waals surface area contributed by atoms with Crippen molar-refractivity contribution >= 4 is 5.91 Å². The number of hydrogen-bond donors (Lipinski definition) is 2. The maximum Gasteiger partial charge on any atom is 0.224 e.